The molecule has 0 aromatic heterocycles. The van der Waals surface area contributed by atoms with Gasteiger partial charge < -0.3 is 9.63 Å². The molecule has 5 nitrogen and oxygen atoms in total. The van der Waals surface area contributed by atoms with Crippen molar-refractivity contribution in [3.05, 3.63) is 0 Å². The second kappa shape index (κ2) is 4.47. The maximum atomic E-state index is 11.3. The average molecular weight is 247 g/mol. The van der Waals surface area contributed by atoms with Gasteiger partial charge in [0.15, 0.2) is 8.69 Å². The van der Waals surface area contributed by atoms with Crippen molar-refractivity contribution in [2.75, 3.05) is 7.05 Å². The van der Waals surface area contributed by atoms with Gasteiger partial charge in [0, 0.05) is 12.1 Å². The highest BCUT2D eigenvalue weighted by molar-refractivity contribution is 7.17. The quantitative estimate of drug-likeness (QED) is 0.749. The molecule has 92 valence electrons. The first-order valence-corrected chi connectivity index (χ1v) is 6.56. The molecule has 0 aromatic carbocycles. The van der Waals surface area contributed by atoms with Crippen LogP contribution in [0.15, 0.2) is 0 Å². The topological polar surface area (TPSA) is 66.8 Å². The van der Waals surface area contributed by atoms with Gasteiger partial charge in [-0.2, -0.15) is 0 Å². The zero-order valence-electron chi connectivity index (χ0n) is 9.50. The molecule has 6 heteroatoms. The summed E-state index contributed by atoms with van der Waals surface area (Å²) in [4.78, 5) is 13.5. The lowest BCUT2D eigenvalue weighted by Gasteiger charge is -2.44. The van der Waals surface area contributed by atoms with Gasteiger partial charge in [-0.3, -0.25) is 14.3 Å². The normalized spacial score (nSPS) is 44.2. The Hall–Kier alpha value is -0.380. The lowest BCUT2D eigenvalue weighted by atomic mass is 9.81. The largest absolute Gasteiger partial charge is 0.481 e. The Morgan fingerprint density at radius 1 is 1.44 bits per heavy atom. The van der Waals surface area contributed by atoms with Crippen LogP contribution >= 0.6 is 8.69 Å². The van der Waals surface area contributed by atoms with E-state index < -0.39 is 26.7 Å². The van der Waals surface area contributed by atoms with Crippen LogP contribution in [0.2, 0.25) is 0 Å². The van der Waals surface area contributed by atoms with Crippen molar-refractivity contribution in [1.29, 1.82) is 0 Å². The number of rotatable bonds is 3. The molecule has 2 heterocycles. The van der Waals surface area contributed by atoms with Gasteiger partial charge >= 0.3 is 5.97 Å². The molecule has 0 aromatic rings. The van der Waals surface area contributed by atoms with Gasteiger partial charge in [-0.05, 0) is 25.8 Å². The molecule has 2 bridgehead atoms. The predicted molar refractivity (Wildman–Crippen MR) is 60.1 cm³/mol. The fourth-order valence-electron chi connectivity index (χ4n) is 3.40. The summed E-state index contributed by atoms with van der Waals surface area (Å²) in [5.41, 5.74) is 0. The number of hydrogen-bond donors (Lipinski definition) is 1. The van der Waals surface area contributed by atoms with Crippen molar-refractivity contribution in [3.8, 4) is 0 Å². The number of carboxylic acid groups (broad SMARTS) is 1. The van der Waals surface area contributed by atoms with Crippen molar-refractivity contribution in [2.24, 2.45) is 11.8 Å². The molecule has 2 aliphatic heterocycles. The lowest BCUT2D eigenvalue weighted by Crippen LogP contribution is -2.56. The van der Waals surface area contributed by atoms with E-state index in [1.165, 1.54) is 0 Å². The monoisotopic (exact) mass is 247 g/mol. The molecule has 0 spiro atoms. The van der Waals surface area contributed by atoms with Crippen LogP contribution in [0.1, 0.15) is 19.8 Å². The third-order valence-corrected chi connectivity index (χ3v) is 4.62. The zero-order chi connectivity index (χ0) is 11.9. The molecule has 2 fully saturated rings. The molecular formula is C10H18NO4P. The molecule has 6 atom stereocenters. The molecule has 0 aliphatic carbocycles. The van der Waals surface area contributed by atoms with E-state index in [9.17, 15) is 14.5 Å². The second-order valence-corrected chi connectivity index (χ2v) is 5.26. The summed E-state index contributed by atoms with van der Waals surface area (Å²) >= 11 is 0. The van der Waals surface area contributed by atoms with E-state index >= 15 is 0 Å². The van der Waals surface area contributed by atoms with Crippen LogP contribution in [-0.4, -0.2) is 41.2 Å². The Kier molecular flexibility index (Phi) is 3.38. The Labute approximate surface area is 96.0 Å². The SMILES string of the molecule is CC1[C@H](O[PH2]=O)[C@H](C(=O)O)[C@H]2CC[C@@H]1N2C. The van der Waals surface area contributed by atoms with Crippen LogP contribution in [0.5, 0.6) is 0 Å². The Balaban J connectivity index is 2.29. The molecule has 0 saturated carbocycles. The number of aliphatic carboxylic acids is 1. The van der Waals surface area contributed by atoms with E-state index in [0.29, 0.717) is 6.04 Å². The maximum Gasteiger partial charge on any atom is 0.310 e. The van der Waals surface area contributed by atoms with Crippen LogP contribution in [0, 0.1) is 11.8 Å². The fourth-order valence-corrected chi connectivity index (χ4v) is 3.95. The number of carbonyl (C=O) groups is 1. The lowest BCUT2D eigenvalue weighted by molar-refractivity contribution is -0.153. The second-order valence-electron chi connectivity index (χ2n) is 4.80. The molecule has 0 amide bonds. The van der Waals surface area contributed by atoms with Crippen LogP contribution in [0.4, 0.5) is 0 Å². The smallest absolute Gasteiger partial charge is 0.310 e. The molecule has 1 N–H and O–H groups in total. The number of piperidine rings is 1. The molecule has 16 heavy (non-hydrogen) atoms. The van der Waals surface area contributed by atoms with E-state index in [1.54, 1.807) is 0 Å². The van der Waals surface area contributed by atoms with E-state index in [-0.39, 0.29) is 12.0 Å². The molecule has 2 aliphatic rings. The summed E-state index contributed by atoms with van der Waals surface area (Å²) in [6.07, 6.45) is 1.52. The summed E-state index contributed by atoms with van der Waals surface area (Å²) in [5, 5.41) is 9.29. The minimum atomic E-state index is -1.34. The minimum absolute atomic E-state index is 0.0367. The van der Waals surface area contributed by atoms with Crippen molar-refractivity contribution in [2.45, 2.75) is 38.0 Å². The van der Waals surface area contributed by atoms with Gasteiger partial charge in [0.2, 0.25) is 0 Å². The average Bonchev–Trinajstić information content (AvgIpc) is 2.51. The number of hydrogen-bond acceptors (Lipinski definition) is 4. The zero-order valence-corrected chi connectivity index (χ0v) is 10.7. The minimum Gasteiger partial charge on any atom is -0.481 e. The molecule has 2 saturated heterocycles. The molecule has 2 unspecified atom stereocenters. The first-order valence-electron chi connectivity index (χ1n) is 5.61. The molecular weight excluding hydrogens is 229 g/mol. The summed E-state index contributed by atoms with van der Waals surface area (Å²) in [6.45, 7) is 2.00. The third-order valence-electron chi connectivity index (χ3n) is 4.20. The molecule has 0 radical (unpaired) electrons. The van der Waals surface area contributed by atoms with Crippen LogP contribution in [0.3, 0.4) is 0 Å². The van der Waals surface area contributed by atoms with Gasteiger partial charge in [0.25, 0.3) is 0 Å². The van der Waals surface area contributed by atoms with E-state index in [1.807, 2.05) is 14.0 Å². The standard InChI is InChI=1S/C10H18NO4P/c1-5-6-3-4-7(11(6)2)8(10(12)13)9(5)15-16-14/h5-9H,3-4,16H2,1-2H3,(H,12,13)/t5?,6-,7+,8+,9-/m0/s1. The third kappa shape index (κ3) is 1.71. The Bertz CT molecular complexity index is 311. The van der Waals surface area contributed by atoms with Crippen molar-refractivity contribution in [1.82, 2.24) is 4.90 Å². The number of nitrogens with zero attached hydrogens (tertiary/aromatic N) is 1. The first kappa shape index (κ1) is 12.1. The van der Waals surface area contributed by atoms with Gasteiger partial charge in [-0.15, -0.1) is 0 Å². The van der Waals surface area contributed by atoms with Crippen molar-refractivity contribution >= 4 is 14.7 Å². The summed E-state index contributed by atoms with van der Waals surface area (Å²) in [6, 6.07) is 0.409. The van der Waals surface area contributed by atoms with Gasteiger partial charge in [-0.25, -0.2) is 0 Å². The van der Waals surface area contributed by atoms with Crippen molar-refractivity contribution in [3.63, 3.8) is 0 Å². The maximum absolute atomic E-state index is 11.3. The molecule has 2 rings (SSSR count). The van der Waals surface area contributed by atoms with E-state index in [4.69, 9.17) is 4.52 Å². The first-order chi connectivity index (χ1) is 7.57. The Morgan fingerprint density at radius 3 is 2.62 bits per heavy atom. The van der Waals surface area contributed by atoms with Gasteiger partial charge in [0.05, 0.1) is 12.0 Å². The highest BCUT2D eigenvalue weighted by Gasteiger charge is 2.53. The fraction of sp³-hybridized carbons (Fsp3) is 0.900. The highest BCUT2D eigenvalue weighted by Crippen LogP contribution is 2.43. The Morgan fingerprint density at radius 2 is 2.06 bits per heavy atom. The summed E-state index contributed by atoms with van der Waals surface area (Å²) in [5.74, 6) is -1.24. The van der Waals surface area contributed by atoms with Crippen LogP contribution in [0.25, 0.3) is 0 Å². The summed E-state index contributed by atoms with van der Waals surface area (Å²) < 4.78 is 15.9. The highest BCUT2D eigenvalue weighted by atomic mass is 31.1. The van der Waals surface area contributed by atoms with Crippen molar-refractivity contribution < 1.29 is 19.0 Å². The predicted octanol–water partition coefficient (Wildman–Crippen LogP) is 0.856. The van der Waals surface area contributed by atoms with E-state index in [2.05, 4.69) is 4.90 Å². The number of carboxylic acids is 1. The summed E-state index contributed by atoms with van der Waals surface area (Å²) in [7, 11) is 0.645. The van der Waals surface area contributed by atoms with Crippen LogP contribution in [-0.2, 0) is 13.9 Å². The van der Waals surface area contributed by atoms with Gasteiger partial charge in [-0.1, -0.05) is 6.92 Å². The van der Waals surface area contributed by atoms with E-state index in [0.717, 1.165) is 12.8 Å². The number of fused-ring (bicyclic) bond motifs is 2. The van der Waals surface area contributed by atoms with Crippen LogP contribution < -0.4 is 0 Å². The van der Waals surface area contributed by atoms with Gasteiger partial charge in [0.1, 0.15) is 0 Å².